The van der Waals surface area contributed by atoms with Crippen molar-refractivity contribution in [1.82, 2.24) is 4.72 Å². The minimum Gasteiger partial charge on any atom is -0.494 e. The second kappa shape index (κ2) is 6.88. The van der Waals surface area contributed by atoms with Gasteiger partial charge in [0.2, 0.25) is 10.0 Å². The Kier molecular flexibility index (Phi) is 5.78. The number of rotatable bonds is 7. The van der Waals surface area contributed by atoms with Crippen LogP contribution in [0.2, 0.25) is 0 Å². The van der Waals surface area contributed by atoms with Gasteiger partial charge in [0.1, 0.15) is 5.75 Å². The third-order valence-electron chi connectivity index (χ3n) is 2.78. The van der Waals surface area contributed by atoms with E-state index >= 15 is 0 Å². The van der Waals surface area contributed by atoms with E-state index in [0.717, 1.165) is 0 Å². The van der Waals surface area contributed by atoms with Crippen molar-refractivity contribution in [3.63, 3.8) is 0 Å². The van der Waals surface area contributed by atoms with Crippen LogP contribution in [0.1, 0.15) is 32.8 Å². The summed E-state index contributed by atoms with van der Waals surface area (Å²) in [5.41, 5.74) is 0.467. The zero-order valence-corrected chi connectivity index (χ0v) is 12.3. The van der Waals surface area contributed by atoms with Gasteiger partial charge in [-0.1, -0.05) is 6.92 Å². The highest BCUT2D eigenvalue weighted by atomic mass is 32.2. The maximum atomic E-state index is 12.1. The quantitative estimate of drug-likeness (QED) is 0.799. The van der Waals surface area contributed by atoms with Crippen molar-refractivity contribution in [2.75, 3.05) is 6.61 Å². The Morgan fingerprint density at radius 3 is 2.58 bits per heavy atom. The van der Waals surface area contributed by atoms with Crippen LogP contribution in [0.4, 0.5) is 0 Å². The molecule has 0 heterocycles. The first-order chi connectivity index (χ1) is 8.94. The van der Waals surface area contributed by atoms with Crippen LogP contribution < -0.4 is 9.46 Å². The zero-order valence-electron chi connectivity index (χ0n) is 11.5. The number of hydrogen-bond donors (Lipinski definition) is 2. The molecule has 2 N–H and O–H groups in total. The summed E-state index contributed by atoms with van der Waals surface area (Å²) in [6.45, 7) is 5.74. The summed E-state index contributed by atoms with van der Waals surface area (Å²) in [4.78, 5) is 0.139. The first-order valence-corrected chi connectivity index (χ1v) is 7.81. The fourth-order valence-corrected chi connectivity index (χ4v) is 2.94. The molecule has 0 aromatic heterocycles. The molecule has 19 heavy (non-hydrogen) atoms. The van der Waals surface area contributed by atoms with Gasteiger partial charge in [0.05, 0.1) is 18.1 Å². The highest BCUT2D eigenvalue weighted by molar-refractivity contribution is 7.89. The summed E-state index contributed by atoms with van der Waals surface area (Å²) in [5, 5.41) is 9.27. The smallest absolute Gasteiger partial charge is 0.240 e. The van der Waals surface area contributed by atoms with Gasteiger partial charge in [0.15, 0.2) is 0 Å². The average molecular weight is 287 g/mol. The molecule has 1 aromatic rings. The van der Waals surface area contributed by atoms with Crippen LogP contribution in [-0.4, -0.2) is 26.2 Å². The highest BCUT2D eigenvalue weighted by Crippen LogP contribution is 2.23. The molecule has 0 radical (unpaired) electrons. The summed E-state index contributed by atoms with van der Waals surface area (Å²) < 4.78 is 32.1. The van der Waals surface area contributed by atoms with Gasteiger partial charge >= 0.3 is 0 Å². The van der Waals surface area contributed by atoms with Gasteiger partial charge in [-0.05, 0) is 38.5 Å². The summed E-state index contributed by atoms with van der Waals surface area (Å²) in [6, 6.07) is 4.36. The van der Waals surface area contributed by atoms with Crippen LogP contribution in [0.3, 0.4) is 0 Å². The van der Waals surface area contributed by atoms with Gasteiger partial charge in [-0.25, -0.2) is 13.1 Å². The molecule has 0 amide bonds. The number of benzene rings is 1. The van der Waals surface area contributed by atoms with Gasteiger partial charge in [0, 0.05) is 11.6 Å². The lowest BCUT2D eigenvalue weighted by molar-refractivity contribution is 0.266. The molecular formula is C13H21NO4S. The monoisotopic (exact) mass is 287 g/mol. The predicted octanol–water partition coefficient (Wildman–Crippen LogP) is 1.65. The molecule has 0 aliphatic heterocycles. The van der Waals surface area contributed by atoms with Gasteiger partial charge in [-0.15, -0.1) is 0 Å². The molecule has 0 aliphatic rings. The Hall–Kier alpha value is -1.11. The number of ether oxygens (including phenoxy) is 1. The van der Waals surface area contributed by atoms with E-state index in [0.29, 0.717) is 24.3 Å². The van der Waals surface area contributed by atoms with Gasteiger partial charge in [-0.3, -0.25) is 0 Å². The molecule has 1 aromatic carbocycles. The van der Waals surface area contributed by atoms with E-state index in [-0.39, 0.29) is 17.5 Å². The van der Waals surface area contributed by atoms with Gasteiger partial charge < -0.3 is 9.84 Å². The van der Waals surface area contributed by atoms with Crippen molar-refractivity contribution in [1.29, 1.82) is 0 Å². The Morgan fingerprint density at radius 1 is 1.37 bits per heavy atom. The normalized spacial score (nSPS) is 13.3. The van der Waals surface area contributed by atoms with Crippen LogP contribution in [0.5, 0.6) is 5.75 Å². The number of nitrogens with one attached hydrogen (secondary N) is 1. The second-order valence-corrected chi connectivity index (χ2v) is 6.01. The van der Waals surface area contributed by atoms with Crippen molar-refractivity contribution in [2.45, 2.75) is 44.7 Å². The average Bonchev–Trinajstić information content (AvgIpc) is 2.38. The highest BCUT2D eigenvalue weighted by Gasteiger charge is 2.18. The van der Waals surface area contributed by atoms with E-state index < -0.39 is 10.0 Å². The molecule has 0 aliphatic carbocycles. The van der Waals surface area contributed by atoms with Crippen LogP contribution in [0.15, 0.2) is 23.1 Å². The number of aliphatic hydroxyl groups is 1. The van der Waals surface area contributed by atoms with E-state index in [1.165, 1.54) is 12.1 Å². The van der Waals surface area contributed by atoms with E-state index in [1.807, 2.05) is 13.8 Å². The molecule has 0 saturated carbocycles. The fraction of sp³-hybridized carbons (Fsp3) is 0.538. The van der Waals surface area contributed by atoms with E-state index in [2.05, 4.69) is 4.72 Å². The predicted molar refractivity (Wildman–Crippen MR) is 73.6 cm³/mol. The zero-order chi connectivity index (χ0) is 14.5. The standard InChI is InChI=1S/C13H21NO4S/c1-4-10(3)14-19(16,17)12-6-7-13(18-5-2)11(8-12)9-15/h6-8,10,14-15H,4-5,9H2,1-3H3. The van der Waals surface area contributed by atoms with Crippen LogP contribution in [0, 0.1) is 0 Å². The number of aliphatic hydroxyl groups excluding tert-OH is 1. The topological polar surface area (TPSA) is 75.6 Å². The molecule has 1 unspecified atom stereocenters. The number of sulfonamides is 1. The molecule has 6 heteroatoms. The molecule has 108 valence electrons. The van der Waals surface area contributed by atoms with Crippen molar-refractivity contribution >= 4 is 10.0 Å². The Bertz CT molecular complexity index is 513. The largest absolute Gasteiger partial charge is 0.494 e. The van der Waals surface area contributed by atoms with Crippen molar-refractivity contribution in [2.24, 2.45) is 0 Å². The van der Waals surface area contributed by atoms with Crippen molar-refractivity contribution in [3.05, 3.63) is 23.8 Å². The SMILES string of the molecule is CCOc1ccc(S(=O)(=O)NC(C)CC)cc1CO. The van der Waals surface area contributed by atoms with Crippen LogP contribution >= 0.6 is 0 Å². The van der Waals surface area contributed by atoms with Crippen LogP contribution in [-0.2, 0) is 16.6 Å². The molecular weight excluding hydrogens is 266 g/mol. The molecule has 5 nitrogen and oxygen atoms in total. The molecule has 1 atom stereocenters. The fourth-order valence-electron chi connectivity index (χ4n) is 1.56. The van der Waals surface area contributed by atoms with E-state index in [1.54, 1.807) is 13.0 Å². The molecule has 0 fully saturated rings. The first kappa shape index (κ1) is 15.9. The van der Waals surface area contributed by atoms with Crippen molar-refractivity contribution < 1.29 is 18.3 Å². The Balaban J connectivity index is 3.08. The Labute approximate surface area is 114 Å². The second-order valence-electron chi connectivity index (χ2n) is 4.29. The lowest BCUT2D eigenvalue weighted by atomic mass is 10.2. The lowest BCUT2D eigenvalue weighted by Gasteiger charge is -2.14. The summed E-state index contributed by atoms with van der Waals surface area (Å²) in [6.07, 6.45) is 0.711. The molecule has 0 bridgehead atoms. The van der Waals surface area contributed by atoms with Crippen LogP contribution in [0.25, 0.3) is 0 Å². The maximum Gasteiger partial charge on any atom is 0.240 e. The first-order valence-electron chi connectivity index (χ1n) is 6.33. The third-order valence-corrected chi connectivity index (χ3v) is 4.37. The lowest BCUT2D eigenvalue weighted by Crippen LogP contribution is -2.32. The van der Waals surface area contributed by atoms with E-state index in [4.69, 9.17) is 4.74 Å². The van der Waals surface area contributed by atoms with E-state index in [9.17, 15) is 13.5 Å². The Morgan fingerprint density at radius 2 is 2.05 bits per heavy atom. The van der Waals surface area contributed by atoms with Gasteiger partial charge in [0.25, 0.3) is 0 Å². The minimum absolute atomic E-state index is 0.130. The summed E-state index contributed by atoms with van der Waals surface area (Å²) in [5.74, 6) is 0.507. The molecule has 1 rings (SSSR count). The summed E-state index contributed by atoms with van der Waals surface area (Å²) >= 11 is 0. The number of hydrogen-bond acceptors (Lipinski definition) is 4. The summed E-state index contributed by atoms with van der Waals surface area (Å²) in [7, 11) is -3.55. The van der Waals surface area contributed by atoms with Gasteiger partial charge in [-0.2, -0.15) is 0 Å². The van der Waals surface area contributed by atoms with Crippen molar-refractivity contribution in [3.8, 4) is 5.75 Å². The molecule has 0 saturated heterocycles. The third kappa shape index (κ3) is 4.19. The molecule has 0 spiro atoms. The minimum atomic E-state index is -3.55. The maximum absolute atomic E-state index is 12.1.